The van der Waals surface area contributed by atoms with Crippen molar-refractivity contribution in [1.82, 2.24) is 16.2 Å². The van der Waals surface area contributed by atoms with Gasteiger partial charge in [0.2, 0.25) is 23.6 Å². The normalized spacial score (nSPS) is 10.8. The van der Waals surface area contributed by atoms with Gasteiger partial charge in [0.05, 0.1) is 19.6 Å². The summed E-state index contributed by atoms with van der Waals surface area (Å²) in [5, 5.41) is 14.1. The van der Waals surface area contributed by atoms with E-state index in [0.717, 1.165) is 16.7 Å². The van der Waals surface area contributed by atoms with E-state index in [1.54, 1.807) is 36.4 Å². The fourth-order valence-corrected chi connectivity index (χ4v) is 3.72. The maximum atomic E-state index is 12.4. The third-order valence-electron chi connectivity index (χ3n) is 5.83. The molecule has 13 heteroatoms. The van der Waals surface area contributed by atoms with Gasteiger partial charge < -0.3 is 32.7 Å². The minimum Gasteiger partial charge on any atom is -0.382 e. The molecule has 0 aliphatic rings. The first-order valence-electron chi connectivity index (χ1n) is 12.7. The Morgan fingerprint density at radius 3 is 2.07 bits per heavy atom. The average molecular weight is 560 g/mol. The molecule has 11 N–H and O–H groups in total. The zero-order valence-corrected chi connectivity index (χ0v) is 22.3. The van der Waals surface area contributed by atoms with Crippen molar-refractivity contribution in [2.24, 2.45) is 22.4 Å². The second-order valence-corrected chi connectivity index (χ2v) is 8.80. The highest BCUT2D eigenvalue weighted by atomic mass is 16.2. The molecular formula is C28H33N9O4. The summed E-state index contributed by atoms with van der Waals surface area (Å²) in [6.45, 7) is -0.747. The van der Waals surface area contributed by atoms with E-state index >= 15 is 0 Å². The number of amides is 4. The summed E-state index contributed by atoms with van der Waals surface area (Å²) >= 11 is 0. The molecule has 0 aromatic heterocycles. The lowest BCUT2D eigenvalue weighted by Gasteiger charge is -2.13. The van der Waals surface area contributed by atoms with Gasteiger partial charge in [-0.3, -0.25) is 19.2 Å². The average Bonchev–Trinajstić information content (AvgIpc) is 2.99. The van der Waals surface area contributed by atoms with Crippen LogP contribution in [0.1, 0.15) is 17.5 Å². The predicted octanol–water partition coefficient (Wildman–Crippen LogP) is 0.138. The van der Waals surface area contributed by atoms with Crippen molar-refractivity contribution in [1.29, 1.82) is 0 Å². The van der Waals surface area contributed by atoms with Crippen molar-refractivity contribution >= 4 is 40.8 Å². The molecule has 0 radical (unpaired) electrons. The van der Waals surface area contributed by atoms with Crippen LogP contribution in [-0.2, 0) is 25.6 Å². The second-order valence-electron chi connectivity index (χ2n) is 8.80. The molecule has 13 nitrogen and oxygen atoms in total. The van der Waals surface area contributed by atoms with E-state index in [4.69, 9.17) is 17.3 Å². The third-order valence-corrected chi connectivity index (χ3v) is 5.83. The molecule has 0 aliphatic carbocycles. The van der Waals surface area contributed by atoms with E-state index in [-0.39, 0.29) is 37.8 Å². The van der Waals surface area contributed by atoms with E-state index in [1.807, 2.05) is 36.4 Å². The van der Waals surface area contributed by atoms with Crippen LogP contribution >= 0.6 is 0 Å². The van der Waals surface area contributed by atoms with Gasteiger partial charge in [-0.1, -0.05) is 42.5 Å². The Morgan fingerprint density at radius 2 is 1.39 bits per heavy atom. The van der Waals surface area contributed by atoms with Crippen LogP contribution in [0.25, 0.3) is 11.1 Å². The minimum absolute atomic E-state index is 0.131. The van der Waals surface area contributed by atoms with Gasteiger partial charge in [-0.2, -0.15) is 0 Å². The summed E-state index contributed by atoms with van der Waals surface area (Å²) in [6.07, 6.45) is 0.825. The van der Waals surface area contributed by atoms with E-state index < -0.39 is 17.7 Å². The quantitative estimate of drug-likeness (QED) is 0.0621. The van der Waals surface area contributed by atoms with E-state index in [9.17, 15) is 19.2 Å². The Morgan fingerprint density at radius 1 is 0.732 bits per heavy atom. The second kappa shape index (κ2) is 15.4. The molecule has 3 rings (SSSR count). The summed E-state index contributed by atoms with van der Waals surface area (Å²) in [5.74, 6) is 3.84. The first-order chi connectivity index (χ1) is 19.8. The number of hydrogen-bond donors (Lipinski definition) is 8. The van der Waals surface area contributed by atoms with Gasteiger partial charge in [-0.05, 0) is 47.9 Å². The van der Waals surface area contributed by atoms with Crippen molar-refractivity contribution in [3.05, 3.63) is 83.9 Å². The Kier molecular flexibility index (Phi) is 11.3. The molecule has 0 spiro atoms. The zero-order valence-electron chi connectivity index (χ0n) is 22.3. The van der Waals surface area contributed by atoms with Crippen LogP contribution in [0.3, 0.4) is 0 Å². The first kappa shape index (κ1) is 30.3. The van der Waals surface area contributed by atoms with Crippen LogP contribution < -0.4 is 44.1 Å². The Hall–Kier alpha value is -5.27. The number of hydrazone groups is 1. The number of amidine groups is 1. The summed E-state index contributed by atoms with van der Waals surface area (Å²) < 4.78 is 0. The van der Waals surface area contributed by atoms with Gasteiger partial charge in [0, 0.05) is 28.9 Å². The lowest BCUT2D eigenvalue weighted by molar-refractivity contribution is -0.126. The fourth-order valence-electron chi connectivity index (χ4n) is 3.72. The van der Waals surface area contributed by atoms with Gasteiger partial charge in [-0.25, -0.2) is 11.4 Å². The summed E-state index contributed by atoms with van der Waals surface area (Å²) in [6, 6.07) is 21.9. The highest BCUT2D eigenvalue weighted by Crippen LogP contribution is 2.28. The van der Waals surface area contributed by atoms with Crippen molar-refractivity contribution in [3.63, 3.8) is 0 Å². The number of nitrogens with zero attached hydrogens (tertiary/aromatic N) is 1. The standard InChI is InChI=1S/C28H33N9O4/c29-15-25(39)32-16-26(40)33-17-27(41)35-23-4-2-1-3-22(23)19-8-5-18(6-9-19)7-14-24(38)34-21-12-10-20(11-13-21)28(30)36-37-31/h1-6,8-13,37H,7,14-17,29,31H2,(H2,30,36)(H,32,39)(H,33,40)(H,34,38)(H,35,41). The molecule has 3 aromatic carbocycles. The lowest BCUT2D eigenvalue weighted by atomic mass is 10.0. The summed E-state index contributed by atoms with van der Waals surface area (Å²) in [7, 11) is 0. The molecule has 0 fully saturated rings. The molecule has 214 valence electrons. The number of nitrogens with two attached hydrogens (primary N) is 3. The fraction of sp³-hybridized carbons (Fsp3) is 0.179. The Bertz CT molecular complexity index is 1390. The topological polar surface area (TPSA) is 219 Å². The number of carbonyl (C=O) groups excluding carboxylic acids is 4. The zero-order chi connectivity index (χ0) is 29.6. The molecule has 41 heavy (non-hydrogen) atoms. The molecule has 0 aliphatic heterocycles. The van der Waals surface area contributed by atoms with Crippen LogP contribution in [0.15, 0.2) is 77.9 Å². The SMILES string of the molecule is NCC(=O)NCC(=O)NCC(=O)Nc1ccccc1-c1ccc(CCC(=O)Nc2ccc(/C(N)=N/NN)cc2)cc1. The van der Waals surface area contributed by atoms with Crippen molar-refractivity contribution < 1.29 is 19.2 Å². The van der Waals surface area contributed by atoms with Crippen LogP contribution in [-0.4, -0.2) is 49.1 Å². The number of anilines is 2. The molecule has 4 amide bonds. The highest BCUT2D eigenvalue weighted by Gasteiger charge is 2.11. The minimum atomic E-state index is -0.506. The lowest BCUT2D eigenvalue weighted by Crippen LogP contribution is -2.41. The molecule has 0 atom stereocenters. The molecule has 0 bridgehead atoms. The summed E-state index contributed by atoms with van der Waals surface area (Å²) in [5.41, 5.74) is 17.6. The van der Waals surface area contributed by atoms with Gasteiger partial charge in [-0.15, -0.1) is 5.10 Å². The van der Waals surface area contributed by atoms with Crippen LogP contribution in [0.5, 0.6) is 0 Å². The smallest absolute Gasteiger partial charge is 0.243 e. The predicted molar refractivity (Wildman–Crippen MR) is 157 cm³/mol. The van der Waals surface area contributed by atoms with Crippen molar-refractivity contribution in [2.75, 3.05) is 30.3 Å². The van der Waals surface area contributed by atoms with Gasteiger partial charge in [0.25, 0.3) is 0 Å². The number of nitrogens with one attached hydrogen (secondary N) is 5. The van der Waals surface area contributed by atoms with Crippen LogP contribution in [0, 0.1) is 0 Å². The monoisotopic (exact) mass is 559 g/mol. The molecule has 0 unspecified atom stereocenters. The van der Waals surface area contributed by atoms with Gasteiger partial charge >= 0.3 is 0 Å². The van der Waals surface area contributed by atoms with Gasteiger partial charge in [0.1, 0.15) is 0 Å². The third kappa shape index (κ3) is 9.76. The highest BCUT2D eigenvalue weighted by molar-refractivity contribution is 5.99. The number of rotatable bonds is 13. The number of para-hydroxylation sites is 1. The van der Waals surface area contributed by atoms with Gasteiger partial charge in [0.15, 0.2) is 5.84 Å². The molecule has 3 aromatic rings. The maximum absolute atomic E-state index is 12.4. The molecular weight excluding hydrogens is 526 g/mol. The number of hydrazine groups is 1. The largest absolute Gasteiger partial charge is 0.382 e. The maximum Gasteiger partial charge on any atom is 0.243 e. The first-order valence-corrected chi connectivity index (χ1v) is 12.7. The van der Waals surface area contributed by atoms with E-state index in [1.165, 1.54) is 0 Å². The molecule has 0 saturated carbocycles. The molecule has 0 saturated heterocycles. The number of aryl methyl sites for hydroxylation is 1. The van der Waals surface area contributed by atoms with Crippen LogP contribution in [0.2, 0.25) is 0 Å². The Labute approximate surface area is 236 Å². The number of carbonyl (C=O) groups is 4. The van der Waals surface area contributed by atoms with Crippen molar-refractivity contribution in [3.8, 4) is 11.1 Å². The summed E-state index contributed by atoms with van der Waals surface area (Å²) in [4.78, 5) is 47.8. The van der Waals surface area contributed by atoms with E-state index in [0.29, 0.717) is 23.4 Å². The number of benzene rings is 3. The Balaban J connectivity index is 1.51. The van der Waals surface area contributed by atoms with E-state index in [2.05, 4.69) is 31.9 Å². The molecule has 0 heterocycles. The van der Waals surface area contributed by atoms with Crippen molar-refractivity contribution in [2.45, 2.75) is 12.8 Å². The van der Waals surface area contributed by atoms with Crippen LogP contribution in [0.4, 0.5) is 11.4 Å². The number of hydrogen-bond acceptors (Lipinski definition) is 8.